The maximum Gasteiger partial charge on any atom is 0.573 e. The first kappa shape index (κ1) is 43.5. The average molecular weight is 857 g/mol. The first-order valence-corrected chi connectivity index (χ1v) is 20.7. The lowest BCUT2D eigenvalue weighted by molar-refractivity contribution is -0.274. The summed E-state index contributed by atoms with van der Waals surface area (Å²) in [6, 6.07) is 12.3. The van der Waals surface area contributed by atoms with Crippen molar-refractivity contribution in [3.63, 3.8) is 0 Å². The van der Waals surface area contributed by atoms with E-state index in [9.17, 15) is 37.6 Å². The lowest BCUT2D eigenvalue weighted by atomic mass is 9.86. The first-order chi connectivity index (χ1) is 30.0. The van der Waals surface area contributed by atoms with Crippen LogP contribution in [0.15, 0.2) is 54.9 Å². The Bertz CT molecular complexity index is 2310. The number of nitrogens with one attached hydrogen (secondary N) is 5. The summed E-state index contributed by atoms with van der Waals surface area (Å²) in [7, 11) is 0. The molecule has 1 aliphatic carbocycles. The second-order valence-corrected chi connectivity index (χ2v) is 15.5. The van der Waals surface area contributed by atoms with Gasteiger partial charge >= 0.3 is 6.36 Å². The van der Waals surface area contributed by atoms with E-state index in [1.807, 2.05) is 6.20 Å². The van der Waals surface area contributed by atoms with Crippen molar-refractivity contribution in [3.05, 3.63) is 82.8 Å². The number of nitriles is 1. The lowest BCUT2D eigenvalue weighted by Crippen LogP contribution is -2.54. The van der Waals surface area contributed by atoms with Crippen LogP contribution < -0.4 is 31.3 Å². The fourth-order valence-corrected chi connectivity index (χ4v) is 7.98. The molecule has 5 N–H and O–H groups in total. The maximum absolute atomic E-state index is 13.4. The zero-order valence-corrected chi connectivity index (χ0v) is 33.8. The maximum atomic E-state index is 13.4. The molecule has 1 saturated heterocycles. The third-order valence-electron chi connectivity index (χ3n) is 11.2. The van der Waals surface area contributed by atoms with Gasteiger partial charge in [-0.05, 0) is 75.6 Å². The molecule has 1 saturated carbocycles. The third kappa shape index (κ3) is 11.0. The van der Waals surface area contributed by atoms with Crippen molar-refractivity contribution in [2.45, 2.75) is 102 Å². The molecule has 62 heavy (non-hydrogen) atoms. The van der Waals surface area contributed by atoms with Crippen molar-refractivity contribution in [2.24, 2.45) is 5.92 Å². The number of imide groups is 2. The van der Waals surface area contributed by atoms with Gasteiger partial charge in [0, 0.05) is 43.3 Å². The summed E-state index contributed by atoms with van der Waals surface area (Å²) in [4.78, 5) is 60.0. The SMILES string of the molecule is N#Cc1cnc(NCc2ccccc2OC(F)(F)F)nc1NCC1CCC(NCCCCCCn2cc(CNc3cccc4c3C(=O)N(C3CCC(=O)NC3=O)C4=O)nn2)CC1. The van der Waals surface area contributed by atoms with Gasteiger partial charge in [-0.15, -0.1) is 18.3 Å². The monoisotopic (exact) mass is 856 g/mol. The highest BCUT2D eigenvalue weighted by Crippen LogP contribution is 2.33. The van der Waals surface area contributed by atoms with Crippen LogP contribution in [0.4, 0.5) is 30.6 Å². The van der Waals surface area contributed by atoms with Gasteiger partial charge in [-0.3, -0.25) is 34.1 Å². The molecule has 4 aromatic rings. The normalized spacial score (nSPS) is 18.9. The van der Waals surface area contributed by atoms with Gasteiger partial charge in [-0.1, -0.05) is 42.3 Å². The van der Waals surface area contributed by atoms with Crippen molar-refractivity contribution in [1.29, 1.82) is 5.26 Å². The van der Waals surface area contributed by atoms with Gasteiger partial charge in [0.05, 0.1) is 30.1 Å². The molecule has 1 unspecified atom stereocenters. The van der Waals surface area contributed by atoms with Gasteiger partial charge in [0.25, 0.3) is 11.8 Å². The van der Waals surface area contributed by atoms with E-state index in [1.165, 1.54) is 24.4 Å². The summed E-state index contributed by atoms with van der Waals surface area (Å²) in [5.41, 5.74) is 2.07. The van der Waals surface area contributed by atoms with Crippen LogP contribution in [0.5, 0.6) is 5.75 Å². The number of anilines is 3. The van der Waals surface area contributed by atoms with E-state index in [2.05, 4.69) is 57.7 Å². The average Bonchev–Trinajstić information content (AvgIpc) is 3.82. The fourth-order valence-electron chi connectivity index (χ4n) is 7.98. The fraction of sp³-hybridized carbons (Fsp3) is 0.452. The molecule has 20 heteroatoms. The molecule has 2 aliphatic heterocycles. The Hall–Kier alpha value is -6.62. The number of ether oxygens (including phenoxy) is 1. The van der Waals surface area contributed by atoms with Gasteiger partial charge in [0.15, 0.2) is 0 Å². The minimum Gasteiger partial charge on any atom is -0.405 e. The summed E-state index contributed by atoms with van der Waals surface area (Å²) in [6.45, 7) is 2.55. The van der Waals surface area contributed by atoms with E-state index in [-0.39, 0.29) is 59.9 Å². The summed E-state index contributed by atoms with van der Waals surface area (Å²) in [5, 5.41) is 33.4. The number of carbonyl (C=O) groups is 4. The third-order valence-corrected chi connectivity index (χ3v) is 11.2. The summed E-state index contributed by atoms with van der Waals surface area (Å²) in [6.07, 6.45) is 6.78. The molecule has 0 spiro atoms. The predicted molar refractivity (Wildman–Crippen MR) is 218 cm³/mol. The molecule has 3 aliphatic rings. The molecular weight excluding hydrogens is 810 g/mol. The van der Waals surface area contributed by atoms with Gasteiger partial charge in [-0.25, -0.2) is 4.98 Å². The van der Waals surface area contributed by atoms with Gasteiger partial charge in [0.1, 0.15) is 34.9 Å². The van der Waals surface area contributed by atoms with Crippen LogP contribution in [0, 0.1) is 17.2 Å². The lowest BCUT2D eigenvalue weighted by Gasteiger charge is -2.29. The van der Waals surface area contributed by atoms with Crippen molar-refractivity contribution in [3.8, 4) is 11.8 Å². The molecule has 1 atom stereocenters. The predicted octanol–water partition coefficient (Wildman–Crippen LogP) is 5.28. The highest BCUT2D eigenvalue weighted by molar-refractivity contribution is 6.25. The van der Waals surface area contributed by atoms with E-state index >= 15 is 0 Å². The molecule has 2 fully saturated rings. The van der Waals surface area contributed by atoms with Crippen LogP contribution in [0.1, 0.15) is 102 Å². The number of hydrogen-bond donors (Lipinski definition) is 5. The van der Waals surface area contributed by atoms with E-state index in [1.54, 1.807) is 28.9 Å². The van der Waals surface area contributed by atoms with Crippen LogP contribution in [0.3, 0.4) is 0 Å². The van der Waals surface area contributed by atoms with E-state index in [0.717, 1.165) is 62.8 Å². The van der Waals surface area contributed by atoms with E-state index < -0.39 is 36.0 Å². The van der Waals surface area contributed by atoms with Crippen LogP contribution >= 0.6 is 0 Å². The van der Waals surface area contributed by atoms with E-state index in [4.69, 9.17) is 0 Å². The Morgan fingerprint density at radius 2 is 1.71 bits per heavy atom. The van der Waals surface area contributed by atoms with Crippen molar-refractivity contribution >= 4 is 41.1 Å². The van der Waals surface area contributed by atoms with Gasteiger partial charge < -0.3 is 26.0 Å². The van der Waals surface area contributed by atoms with Crippen molar-refractivity contribution < 1.29 is 37.1 Å². The quantitative estimate of drug-likeness (QED) is 0.0598. The Morgan fingerprint density at radius 3 is 2.50 bits per heavy atom. The van der Waals surface area contributed by atoms with Gasteiger partial charge in [0.2, 0.25) is 17.8 Å². The van der Waals surface area contributed by atoms with Gasteiger partial charge in [-0.2, -0.15) is 10.2 Å². The number of para-hydroxylation sites is 1. The van der Waals surface area contributed by atoms with Crippen LogP contribution in [-0.4, -0.2) is 85.0 Å². The molecule has 0 radical (unpaired) electrons. The zero-order chi connectivity index (χ0) is 43.6. The van der Waals surface area contributed by atoms with Crippen molar-refractivity contribution in [2.75, 3.05) is 29.0 Å². The number of carbonyl (C=O) groups excluding carboxylic acids is 4. The number of nitrogens with zero attached hydrogens (tertiary/aromatic N) is 7. The molecule has 7 rings (SSSR count). The molecule has 2 aromatic carbocycles. The molecule has 326 valence electrons. The number of piperidine rings is 1. The number of amides is 4. The smallest absolute Gasteiger partial charge is 0.405 e. The summed E-state index contributed by atoms with van der Waals surface area (Å²) >= 11 is 0. The molecular formula is C42H47F3N12O5. The molecule has 2 aromatic heterocycles. The number of alkyl halides is 3. The Kier molecular flexibility index (Phi) is 13.9. The molecule has 4 amide bonds. The number of unbranched alkanes of at least 4 members (excludes halogenated alkanes) is 3. The standard InChI is InChI=1S/C42H47F3N12O5/c43-42(44,45)62-34-11-4-3-8-27(34)22-50-41-51-23-28(20-46)37(53-41)49-21-26-12-14-29(15-13-26)47-18-5-1-2-6-19-56-25-30(54-55-56)24-48-32-10-7-9-31-36(32)40(61)57(39(31)60)33-16-17-35(58)52-38(33)59/h3-4,7-11,23,25-26,29,33,47-48H,1-2,5-6,12-19,21-22,24H2,(H,52,58,59)(H2,49,50,51,53). The minimum absolute atomic E-state index is 0.00724. The minimum atomic E-state index is -4.82. The Labute approximate surface area is 355 Å². The molecule has 4 heterocycles. The van der Waals surface area contributed by atoms with Crippen molar-refractivity contribution in [1.82, 2.24) is 40.5 Å². The number of fused-ring (bicyclic) bond motifs is 1. The second kappa shape index (κ2) is 19.8. The second-order valence-electron chi connectivity index (χ2n) is 15.5. The Balaban J connectivity index is 0.763. The van der Waals surface area contributed by atoms with Crippen LogP contribution in [-0.2, 0) is 29.2 Å². The largest absolute Gasteiger partial charge is 0.573 e. The number of halogens is 3. The number of rotatable bonds is 19. The highest BCUT2D eigenvalue weighted by Gasteiger charge is 2.45. The topological polar surface area (TPSA) is 221 Å². The number of benzene rings is 2. The summed E-state index contributed by atoms with van der Waals surface area (Å²) < 4.78 is 44.4. The van der Waals surface area contributed by atoms with Crippen LogP contribution in [0.2, 0.25) is 0 Å². The number of hydrogen-bond acceptors (Lipinski definition) is 14. The number of aromatic nitrogens is 5. The summed E-state index contributed by atoms with van der Waals surface area (Å²) in [5.74, 6) is -1.58. The number of aryl methyl sites for hydroxylation is 1. The highest BCUT2D eigenvalue weighted by atomic mass is 19.4. The molecule has 0 bridgehead atoms. The van der Waals surface area contributed by atoms with E-state index in [0.29, 0.717) is 42.2 Å². The van der Waals surface area contributed by atoms with Crippen LogP contribution in [0.25, 0.3) is 0 Å². The Morgan fingerprint density at radius 1 is 0.903 bits per heavy atom. The first-order valence-electron chi connectivity index (χ1n) is 20.7. The molecule has 17 nitrogen and oxygen atoms in total. The zero-order valence-electron chi connectivity index (χ0n) is 33.8.